The molecule has 1 aromatic carbocycles. The Morgan fingerprint density at radius 1 is 1.24 bits per heavy atom. The highest BCUT2D eigenvalue weighted by atomic mass is 16.4. The summed E-state index contributed by atoms with van der Waals surface area (Å²) in [6, 6.07) is 8.48. The van der Waals surface area contributed by atoms with Gasteiger partial charge in [-0.1, -0.05) is 23.4 Å². The summed E-state index contributed by atoms with van der Waals surface area (Å²) in [5.41, 5.74) is 3.71. The second kappa shape index (κ2) is 4.06. The molecule has 3 nitrogen and oxygen atoms in total. The minimum atomic E-state index is 0.106. The Hall–Kier alpha value is -1.51. The largest absolute Gasteiger partial charge is 0.411 e. The van der Waals surface area contributed by atoms with Crippen molar-refractivity contribution in [1.82, 2.24) is 0 Å². The van der Waals surface area contributed by atoms with Crippen molar-refractivity contribution in [2.24, 2.45) is 10.6 Å². The number of nitrogens with one attached hydrogen (secondary N) is 1. The molecule has 1 aliphatic carbocycles. The van der Waals surface area contributed by atoms with Gasteiger partial charge < -0.3 is 10.5 Å². The van der Waals surface area contributed by atoms with Gasteiger partial charge >= 0.3 is 0 Å². The summed E-state index contributed by atoms with van der Waals surface area (Å²) < 4.78 is 0. The van der Waals surface area contributed by atoms with Gasteiger partial charge in [0.2, 0.25) is 0 Å². The molecule has 2 N–H and O–H groups in total. The zero-order valence-corrected chi connectivity index (χ0v) is 9.95. The minimum Gasteiger partial charge on any atom is -0.411 e. The molecule has 3 heteroatoms. The van der Waals surface area contributed by atoms with Gasteiger partial charge in [0.15, 0.2) is 0 Å². The van der Waals surface area contributed by atoms with E-state index >= 15 is 0 Å². The van der Waals surface area contributed by atoms with Gasteiger partial charge in [-0.05, 0) is 43.7 Å². The SMILES string of the molecule is ON=C1CCCC12CCNc1ccccc1C2. The normalized spacial score (nSPS) is 30.0. The van der Waals surface area contributed by atoms with E-state index in [0.717, 1.165) is 44.4 Å². The second-order valence-electron chi connectivity index (χ2n) is 5.19. The molecule has 90 valence electrons. The molecule has 1 saturated carbocycles. The van der Waals surface area contributed by atoms with Crippen LogP contribution in [0.15, 0.2) is 29.4 Å². The minimum absolute atomic E-state index is 0.106. The van der Waals surface area contributed by atoms with Crippen molar-refractivity contribution in [2.75, 3.05) is 11.9 Å². The lowest BCUT2D eigenvalue weighted by molar-refractivity contribution is 0.301. The highest BCUT2D eigenvalue weighted by Gasteiger charge is 2.41. The fraction of sp³-hybridized carbons (Fsp3) is 0.500. The van der Waals surface area contributed by atoms with Gasteiger partial charge in [0.1, 0.15) is 0 Å². The van der Waals surface area contributed by atoms with Gasteiger partial charge in [-0.2, -0.15) is 0 Å². The molecule has 1 aliphatic heterocycles. The molecule has 1 spiro atoms. The Bertz CT molecular complexity index is 455. The van der Waals surface area contributed by atoms with Crippen LogP contribution in [0.1, 0.15) is 31.2 Å². The predicted molar refractivity (Wildman–Crippen MR) is 68.8 cm³/mol. The lowest BCUT2D eigenvalue weighted by atomic mass is 9.76. The third-order valence-corrected chi connectivity index (χ3v) is 4.27. The molecule has 1 fully saturated rings. The molecular formula is C14H18N2O. The number of oxime groups is 1. The van der Waals surface area contributed by atoms with Crippen LogP contribution in [0.4, 0.5) is 5.69 Å². The van der Waals surface area contributed by atoms with Crippen molar-refractivity contribution in [1.29, 1.82) is 0 Å². The second-order valence-corrected chi connectivity index (χ2v) is 5.19. The van der Waals surface area contributed by atoms with Gasteiger partial charge in [-0.25, -0.2) is 0 Å². The highest BCUT2D eigenvalue weighted by Crippen LogP contribution is 2.44. The number of anilines is 1. The summed E-state index contributed by atoms with van der Waals surface area (Å²) in [5, 5.41) is 16.2. The Morgan fingerprint density at radius 2 is 2.12 bits per heavy atom. The van der Waals surface area contributed by atoms with E-state index in [1.165, 1.54) is 11.3 Å². The van der Waals surface area contributed by atoms with Crippen LogP contribution in [0.5, 0.6) is 0 Å². The number of benzene rings is 1. The standard InChI is InChI=1S/C14H18N2O/c17-16-13-6-3-7-14(13)8-9-15-12-5-2-1-4-11(12)10-14/h1-2,4-5,15,17H,3,6-10H2. The number of hydrogen-bond donors (Lipinski definition) is 2. The maximum Gasteiger partial charge on any atom is 0.0636 e. The van der Waals surface area contributed by atoms with Crippen molar-refractivity contribution in [3.63, 3.8) is 0 Å². The van der Waals surface area contributed by atoms with Crippen LogP contribution in [0.25, 0.3) is 0 Å². The maximum absolute atomic E-state index is 9.19. The van der Waals surface area contributed by atoms with E-state index in [-0.39, 0.29) is 5.41 Å². The predicted octanol–water partition coefficient (Wildman–Crippen LogP) is 3.05. The molecule has 1 atom stereocenters. The van der Waals surface area contributed by atoms with Crippen molar-refractivity contribution in [3.8, 4) is 0 Å². The van der Waals surface area contributed by atoms with Crippen LogP contribution >= 0.6 is 0 Å². The molecule has 0 radical (unpaired) electrons. The topological polar surface area (TPSA) is 44.6 Å². The third kappa shape index (κ3) is 1.70. The smallest absolute Gasteiger partial charge is 0.0636 e. The van der Waals surface area contributed by atoms with E-state index in [2.05, 4.69) is 34.7 Å². The molecule has 17 heavy (non-hydrogen) atoms. The summed E-state index contributed by atoms with van der Waals surface area (Å²) in [6.07, 6.45) is 5.35. The summed E-state index contributed by atoms with van der Waals surface area (Å²) in [5.74, 6) is 0. The molecule has 2 aliphatic rings. The molecule has 1 aromatic rings. The van der Waals surface area contributed by atoms with E-state index in [4.69, 9.17) is 0 Å². The lowest BCUT2D eigenvalue weighted by Gasteiger charge is -2.27. The quantitative estimate of drug-likeness (QED) is 0.531. The first-order valence-electron chi connectivity index (χ1n) is 6.37. The number of fused-ring (bicyclic) bond motifs is 1. The van der Waals surface area contributed by atoms with Crippen LogP contribution in [0, 0.1) is 5.41 Å². The number of para-hydroxylation sites is 1. The molecule has 1 heterocycles. The van der Waals surface area contributed by atoms with E-state index in [1.54, 1.807) is 0 Å². The van der Waals surface area contributed by atoms with E-state index in [1.807, 2.05) is 0 Å². The van der Waals surface area contributed by atoms with Crippen LogP contribution in [0.3, 0.4) is 0 Å². The monoisotopic (exact) mass is 230 g/mol. The van der Waals surface area contributed by atoms with Crippen LogP contribution in [0.2, 0.25) is 0 Å². The van der Waals surface area contributed by atoms with Gasteiger partial charge in [0.25, 0.3) is 0 Å². The highest BCUT2D eigenvalue weighted by molar-refractivity contribution is 5.92. The third-order valence-electron chi connectivity index (χ3n) is 4.27. The molecule has 1 unspecified atom stereocenters. The van der Waals surface area contributed by atoms with Gasteiger partial charge in [-0.15, -0.1) is 0 Å². The molecule has 3 rings (SSSR count). The first kappa shape index (κ1) is 10.6. The molecule has 0 bridgehead atoms. The maximum atomic E-state index is 9.19. The van der Waals surface area contributed by atoms with Crippen LogP contribution in [-0.2, 0) is 6.42 Å². The van der Waals surface area contributed by atoms with Crippen molar-refractivity contribution in [2.45, 2.75) is 32.1 Å². The van der Waals surface area contributed by atoms with E-state index < -0.39 is 0 Å². The molecular weight excluding hydrogens is 212 g/mol. The number of hydrogen-bond acceptors (Lipinski definition) is 3. The number of nitrogens with zero attached hydrogens (tertiary/aromatic N) is 1. The average molecular weight is 230 g/mol. The van der Waals surface area contributed by atoms with E-state index in [9.17, 15) is 5.21 Å². The van der Waals surface area contributed by atoms with Crippen LogP contribution in [-0.4, -0.2) is 17.5 Å². The summed E-state index contributed by atoms with van der Waals surface area (Å²) in [6.45, 7) is 0.968. The Labute approximate surface area is 102 Å². The average Bonchev–Trinajstić information content (AvgIpc) is 2.64. The summed E-state index contributed by atoms with van der Waals surface area (Å²) >= 11 is 0. The Morgan fingerprint density at radius 3 is 3.00 bits per heavy atom. The van der Waals surface area contributed by atoms with Crippen molar-refractivity contribution >= 4 is 11.4 Å². The van der Waals surface area contributed by atoms with E-state index in [0.29, 0.717) is 0 Å². The Balaban J connectivity index is 2.00. The molecule has 0 amide bonds. The Kier molecular flexibility index (Phi) is 2.54. The fourth-order valence-corrected chi connectivity index (χ4v) is 3.36. The van der Waals surface area contributed by atoms with Gasteiger partial charge in [-0.3, -0.25) is 0 Å². The summed E-state index contributed by atoms with van der Waals surface area (Å²) in [7, 11) is 0. The molecule has 0 aromatic heterocycles. The van der Waals surface area contributed by atoms with Crippen molar-refractivity contribution in [3.05, 3.63) is 29.8 Å². The first-order valence-corrected chi connectivity index (χ1v) is 6.37. The van der Waals surface area contributed by atoms with Gasteiger partial charge in [0.05, 0.1) is 5.71 Å². The van der Waals surface area contributed by atoms with Crippen molar-refractivity contribution < 1.29 is 5.21 Å². The zero-order valence-electron chi connectivity index (χ0n) is 9.95. The van der Waals surface area contributed by atoms with Gasteiger partial charge in [0, 0.05) is 17.6 Å². The first-order chi connectivity index (χ1) is 8.34. The lowest BCUT2D eigenvalue weighted by Crippen LogP contribution is -2.29. The summed E-state index contributed by atoms with van der Waals surface area (Å²) in [4.78, 5) is 0. The van der Waals surface area contributed by atoms with Crippen LogP contribution < -0.4 is 5.32 Å². The number of rotatable bonds is 0. The molecule has 0 saturated heterocycles. The zero-order chi connectivity index (χ0) is 11.7. The fourth-order valence-electron chi connectivity index (χ4n) is 3.36.